The van der Waals surface area contributed by atoms with Gasteiger partial charge in [0.15, 0.2) is 5.76 Å². The predicted octanol–water partition coefficient (Wildman–Crippen LogP) is 0.292. The molecular weight excluding hydrogens is 110 g/mol. The molecule has 0 unspecified atom stereocenters. The molecule has 4 nitrogen and oxygen atoms in total. The fraction of sp³-hybridized carbons (Fsp3) is 0.250. The van der Waals surface area contributed by atoms with Gasteiger partial charge in [-0.15, -0.1) is 0 Å². The summed E-state index contributed by atoms with van der Waals surface area (Å²) in [5, 5.41) is 10.6. The van der Waals surface area contributed by atoms with Crippen molar-refractivity contribution in [3.63, 3.8) is 0 Å². The topological polar surface area (TPSA) is 51.1 Å². The molecule has 0 saturated heterocycles. The van der Waals surface area contributed by atoms with Gasteiger partial charge >= 0.3 is 0 Å². The highest BCUT2D eigenvalue weighted by Crippen LogP contribution is 2.01. The van der Waals surface area contributed by atoms with E-state index in [9.17, 15) is 0 Å². The minimum Gasteiger partial charge on any atom is -0.461 e. The molecular formula is C4H5NO3. The number of hydrogen-bond acceptors (Lipinski definition) is 4. The lowest BCUT2D eigenvalue weighted by Gasteiger charge is -1.88. The summed E-state index contributed by atoms with van der Waals surface area (Å²) in [6, 6.07) is 0. The second-order valence-electron chi connectivity index (χ2n) is 1.19. The van der Waals surface area contributed by atoms with E-state index >= 15 is 0 Å². The van der Waals surface area contributed by atoms with Crippen LogP contribution < -0.4 is 0 Å². The van der Waals surface area contributed by atoms with Crippen molar-refractivity contribution < 1.29 is 14.7 Å². The Bertz CT molecular complexity index is 129. The van der Waals surface area contributed by atoms with E-state index in [-0.39, 0.29) is 6.79 Å². The fourth-order valence-electron chi connectivity index (χ4n) is 0.377. The third kappa shape index (κ3) is 0.900. The first kappa shape index (κ1) is 4.96. The molecule has 0 atom stereocenters. The Labute approximate surface area is 46.0 Å². The predicted molar refractivity (Wildman–Crippen MR) is 25.4 cm³/mol. The maximum Gasteiger partial charge on any atom is 0.230 e. The summed E-state index contributed by atoms with van der Waals surface area (Å²) in [5.41, 5.74) is 0. The van der Waals surface area contributed by atoms with Crippen LogP contribution in [0.2, 0.25) is 0 Å². The van der Waals surface area contributed by atoms with Gasteiger partial charge in [0.2, 0.25) is 6.79 Å². The SMILES string of the molecule is ON=CC1=COCO1. The van der Waals surface area contributed by atoms with Crippen molar-refractivity contribution in [3.8, 4) is 0 Å². The highest BCUT2D eigenvalue weighted by molar-refractivity contribution is 5.75. The second-order valence-corrected chi connectivity index (χ2v) is 1.19. The van der Waals surface area contributed by atoms with Gasteiger partial charge in [-0.2, -0.15) is 0 Å². The summed E-state index contributed by atoms with van der Waals surface area (Å²) >= 11 is 0. The summed E-state index contributed by atoms with van der Waals surface area (Å²) in [7, 11) is 0. The first-order chi connectivity index (χ1) is 3.93. The minimum atomic E-state index is 0.210. The van der Waals surface area contributed by atoms with Crippen LogP contribution in [0, 0.1) is 0 Å². The van der Waals surface area contributed by atoms with E-state index < -0.39 is 0 Å². The molecule has 4 heteroatoms. The van der Waals surface area contributed by atoms with Crippen LogP contribution in [0.4, 0.5) is 0 Å². The van der Waals surface area contributed by atoms with Gasteiger partial charge in [-0.25, -0.2) is 0 Å². The van der Waals surface area contributed by atoms with Gasteiger partial charge in [0.05, 0.1) is 0 Å². The molecule has 0 saturated carbocycles. The number of rotatable bonds is 1. The molecule has 0 bridgehead atoms. The fourth-order valence-corrected chi connectivity index (χ4v) is 0.377. The summed E-state index contributed by atoms with van der Waals surface area (Å²) in [4.78, 5) is 0. The number of allylic oxidation sites excluding steroid dienone is 1. The van der Waals surface area contributed by atoms with Gasteiger partial charge in [0.1, 0.15) is 12.5 Å². The van der Waals surface area contributed by atoms with Gasteiger partial charge < -0.3 is 14.7 Å². The molecule has 1 N–H and O–H groups in total. The lowest BCUT2D eigenvalue weighted by atomic mass is 10.6. The Morgan fingerprint density at radius 2 is 2.75 bits per heavy atom. The normalized spacial score (nSPS) is 17.8. The highest BCUT2D eigenvalue weighted by Gasteiger charge is 2.00. The maximum absolute atomic E-state index is 7.92. The van der Waals surface area contributed by atoms with Crippen LogP contribution in [0.25, 0.3) is 0 Å². The van der Waals surface area contributed by atoms with Crippen molar-refractivity contribution >= 4 is 6.21 Å². The first-order valence-electron chi connectivity index (χ1n) is 2.05. The molecule has 8 heavy (non-hydrogen) atoms. The molecule has 1 aliphatic heterocycles. The molecule has 0 aromatic rings. The summed E-state index contributed by atoms with van der Waals surface area (Å²) in [6.07, 6.45) is 2.53. The summed E-state index contributed by atoms with van der Waals surface area (Å²) in [6.45, 7) is 0.210. The minimum absolute atomic E-state index is 0.210. The Kier molecular flexibility index (Phi) is 1.37. The van der Waals surface area contributed by atoms with Gasteiger partial charge in [0.25, 0.3) is 0 Å². The molecule has 44 valence electrons. The van der Waals surface area contributed by atoms with Crippen LogP contribution in [0.1, 0.15) is 0 Å². The number of hydrogen-bond donors (Lipinski definition) is 1. The van der Waals surface area contributed by atoms with E-state index in [1.54, 1.807) is 0 Å². The van der Waals surface area contributed by atoms with E-state index in [1.807, 2.05) is 0 Å². The van der Waals surface area contributed by atoms with Gasteiger partial charge in [-0.05, 0) is 0 Å². The second kappa shape index (κ2) is 2.20. The van der Waals surface area contributed by atoms with Crippen molar-refractivity contribution in [2.45, 2.75) is 0 Å². The highest BCUT2D eigenvalue weighted by atomic mass is 16.7. The summed E-state index contributed by atoms with van der Waals surface area (Å²) < 4.78 is 9.35. The average Bonchev–Trinajstić information content (AvgIpc) is 2.19. The number of nitrogens with zero attached hydrogens (tertiary/aromatic N) is 1. The van der Waals surface area contributed by atoms with Crippen molar-refractivity contribution in [3.05, 3.63) is 12.0 Å². The van der Waals surface area contributed by atoms with Crippen LogP contribution >= 0.6 is 0 Å². The number of ether oxygens (including phenoxy) is 2. The Morgan fingerprint density at radius 3 is 3.25 bits per heavy atom. The Balaban J connectivity index is 2.45. The zero-order chi connectivity index (χ0) is 5.82. The van der Waals surface area contributed by atoms with Gasteiger partial charge in [0, 0.05) is 0 Å². The first-order valence-corrected chi connectivity index (χ1v) is 2.05. The average molecular weight is 115 g/mol. The zero-order valence-corrected chi connectivity index (χ0v) is 4.07. The van der Waals surface area contributed by atoms with Crippen molar-refractivity contribution in [1.82, 2.24) is 0 Å². The maximum atomic E-state index is 7.92. The lowest BCUT2D eigenvalue weighted by molar-refractivity contribution is 0.0866. The third-order valence-corrected chi connectivity index (χ3v) is 0.678. The molecule has 1 aliphatic rings. The molecule has 0 aromatic carbocycles. The third-order valence-electron chi connectivity index (χ3n) is 0.678. The van der Waals surface area contributed by atoms with E-state index in [1.165, 1.54) is 6.26 Å². The van der Waals surface area contributed by atoms with E-state index in [0.29, 0.717) is 5.76 Å². The van der Waals surface area contributed by atoms with Crippen LogP contribution in [-0.4, -0.2) is 18.2 Å². The molecule has 1 heterocycles. The molecule has 0 radical (unpaired) electrons. The van der Waals surface area contributed by atoms with Crippen molar-refractivity contribution in [2.24, 2.45) is 5.16 Å². The Morgan fingerprint density at radius 1 is 1.88 bits per heavy atom. The van der Waals surface area contributed by atoms with E-state index in [2.05, 4.69) is 9.89 Å². The van der Waals surface area contributed by atoms with E-state index in [4.69, 9.17) is 9.94 Å². The molecule has 0 amide bonds. The van der Waals surface area contributed by atoms with Crippen molar-refractivity contribution in [1.29, 1.82) is 0 Å². The quantitative estimate of drug-likeness (QED) is 0.303. The van der Waals surface area contributed by atoms with Crippen LogP contribution in [0.5, 0.6) is 0 Å². The van der Waals surface area contributed by atoms with Gasteiger partial charge in [-0.1, -0.05) is 5.16 Å². The summed E-state index contributed by atoms with van der Waals surface area (Å²) in [5.74, 6) is 0.438. The van der Waals surface area contributed by atoms with Crippen LogP contribution in [-0.2, 0) is 9.47 Å². The van der Waals surface area contributed by atoms with Crippen LogP contribution in [0.3, 0.4) is 0 Å². The van der Waals surface area contributed by atoms with E-state index in [0.717, 1.165) is 6.21 Å². The molecule has 0 aromatic heterocycles. The lowest BCUT2D eigenvalue weighted by Crippen LogP contribution is -1.85. The number of oxime groups is 1. The molecule has 0 spiro atoms. The molecule has 0 aliphatic carbocycles. The zero-order valence-electron chi connectivity index (χ0n) is 4.07. The van der Waals surface area contributed by atoms with Crippen LogP contribution in [0.15, 0.2) is 17.2 Å². The van der Waals surface area contributed by atoms with Crippen molar-refractivity contribution in [2.75, 3.05) is 6.79 Å². The largest absolute Gasteiger partial charge is 0.461 e. The molecule has 0 fully saturated rings. The Hall–Kier alpha value is -1.19. The standard InChI is InChI=1S/C4H5NO3/c6-5-1-4-2-7-3-8-4/h1-2,6H,3H2. The smallest absolute Gasteiger partial charge is 0.230 e. The monoisotopic (exact) mass is 115 g/mol. The molecule has 1 rings (SSSR count). The van der Waals surface area contributed by atoms with Gasteiger partial charge in [-0.3, -0.25) is 0 Å².